The van der Waals surface area contributed by atoms with Gasteiger partial charge in [-0.1, -0.05) is 11.6 Å². The van der Waals surface area contributed by atoms with Crippen molar-refractivity contribution in [2.24, 2.45) is 5.92 Å². The molecule has 0 saturated carbocycles. The van der Waals surface area contributed by atoms with E-state index in [1.807, 2.05) is 18.2 Å². The molecule has 6 heteroatoms. The molecule has 3 atom stereocenters. The lowest BCUT2D eigenvalue weighted by Gasteiger charge is -2.31. The summed E-state index contributed by atoms with van der Waals surface area (Å²) in [6.07, 6.45) is 2.68. The molecular formula is C16H22Cl2N2O2. The molecule has 122 valence electrons. The zero-order valence-electron chi connectivity index (χ0n) is 12.6. The van der Waals surface area contributed by atoms with Crippen LogP contribution in [0.1, 0.15) is 25.3 Å². The number of hydrogen-bond donors (Lipinski definition) is 2. The molecule has 2 aliphatic rings. The minimum Gasteiger partial charge on any atom is -0.492 e. The monoisotopic (exact) mass is 344 g/mol. The number of rotatable bonds is 2. The topological polar surface area (TPSA) is 50.4 Å². The number of benzene rings is 1. The molecular weight excluding hydrogens is 323 g/mol. The standard InChI is InChI=1S/C16H21ClN2O2.ClH/c1-10-6-14(4-5-18-10)19-16(20)12-7-11-8-13(17)2-3-15(11)21-9-12;/h2-3,8,10,12,14,18H,4-7,9H2,1H3,(H,19,20);1H. The second-order valence-corrected chi connectivity index (χ2v) is 6.49. The van der Waals surface area contributed by atoms with Crippen molar-refractivity contribution >= 4 is 29.9 Å². The first-order valence-electron chi connectivity index (χ1n) is 7.57. The van der Waals surface area contributed by atoms with Gasteiger partial charge in [-0.3, -0.25) is 4.79 Å². The van der Waals surface area contributed by atoms with E-state index in [1.165, 1.54) is 0 Å². The molecule has 0 aliphatic carbocycles. The molecule has 3 unspecified atom stereocenters. The van der Waals surface area contributed by atoms with Crippen molar-refractivity contribution in [2.45, 2.75) is 38.3 Å². The average Bonchev–Trinajstić information content (AvgIpc) is 2.46. The maximum atomic E-state index is 12.4. The fraction of sp³-hybridized carbons (Fsp3) is 0.562. The minimum atomic E-state index is -0.124. The maximum absolute atomic E-state index is 12.4. The van der Waals surface area contributed by atoms with Crippen LogP contribution in [0.3, 0.4) is 0 Å². The molecule has 4 nitrogen and oxygen atoms in total. The van der Waals surface area contributed by atoms with Crippen molar-refractivity contribution in [3.63, 3.8) is 0 Å². The van der Waals surface area contributed by atoms with Gasteiger partial charge in [-0.05, 0) is 56.5 Å². The van der Waals surface area contributed by atoms with Crippen molar-refractivity contribution in [1.82, 2.24) is 10.6 Å². The van der Waals surface area contributed by atoms with E-state index in [1.54, 1.807) is 0 Å². The number of fused-ring (bicyclic) bond motifs is 1. The number of halogens is 2. The van der Waals surface area contributed by atoms with E-state index in [2.05, 4.69) is 17.6 Å². The van der Waals surface area contributed by atoms with E-state index >= 15 is 0 Å². The summed E-state index contributed by atoms with van der Waals surface area (Å²) in [6.45, 7) is 3.56. The molecule has 0 bridgehead atoms. The number of ether oxygens (including phenoxy) is 1. The van der Waals surface area contributed by atoms with Crippen LogP contribution in [0.25, 0.3) is 0 Å². The summed E-state index contributed by atoms with van der Waals surface area (Å²) in [4.78, 5) is 12.4. The average molecular weight is 345 g/mol. The van der Waals surface area contributed by atoms with E-state index in [9.17, 15) is 4.79 Å². The molecule has 1 fully saturated rings. The molecule has 2 N–H and O–H groups in total. The van der Waals surface area contributed by atoms with Gasteiger partial charge in [0, 0.05) is 17.1 Å². The zero-order valence-corrected chi connectivity index (χ0v) is 14.2. The Hall–Kier alpha value is -0.970. The summed E-state index contributed by atoms with van der Waals surface area (Å²) in [6, 6.07) is 6.32. The van der Waals surface area contributed by atoms with Crippen LogP contribution in [-0.4, -0.2) is 31.1 Å². The first kappa shape index (κ1) is 17.4. The Bertz CT molecular complexity index is 539. The lowest BCUT2D eigenvalue weighted by molar-refractivity contribution is -0.127. The molecule has 0 aromatic heterocycles. The van der Waals surface area contributed by atoms with Crippen molar-refractivity contribution in [3.8, 4) is 5.75 Å². The molecule has 0 radical (unpaired) electrons. The van der Waals surface area contributed by atoms with Gasteiger partial charge in [0.25, 0.3) is 0 Å². The van der Waals surface area contributed by atoms with Gasteiger partial charge in [0.2, 0.25) is 5.91 Å². The summed E-state index contributed by atoms with van der Waals surface area (Å²) in [5.74, 6) is 0.819. The number of nitrogens with one attached hydrogen (secondary N) is 2. The van der Waals surface area contributed by atoms with Crippen LogP contribution in [0.4, 0.5) is 0 Å². The minimum absolute atomic E-state index is 0. The number of amides is 1. The fourth-order valence-electron chi connectivity index (χ4n) is 3.11. The quantitative estimate of drug-likeness (QED) is 0.866. The number of piperidine rings is 1. The Kier molecular flexibility index (Phi) is 5.95. The number of hydrogen-bond acceptors (Lipinski definition) is 3. The van der Waals surface area contributed by atoms with Gasteiger partial charge in [0.1, 0.15) is 12.4 Å². The van der Waals surface area contributed by atoms with Crippen LogP contribution in [0, 0.1) is 5.92 Å². The summed E-state index contributed by atoms with van der Waals surface area (Å²) in [7, 11) is 0. The van der Waals surface area contributed by atoms with Crippen LogP contribution in [-0.2, 0) is 11.2 Å². The van der Waals surface area contributed by atoms with Gasteiger partial charge in [0.05, 0.1) is 5.92 Å². The highest BCUT2D eigenvalue weighted by Crippen LogP contribution is 2.30. The van der Waals surface area contributed by atoms with Crippen molar-refractivity contribution in [2.75, 3.05) is 13.2 Å². The highest BCUT2D eigenvalue weighted by Gasteiger charge is 2.28. The largest absolute Gasteiger partial charge is 0.492 e. The van der Waals surface area contributed by atoms with Gasteiger partial charge in [-0.2, -0.15) is 0 Å². The van der Waals surface area contributed by atoms with Gasteiger partial charge in [-0.25, -0.2) is 0 Å². The molecule has 1 aromatic rings. The van der Waals surface area contributed by atoms with E-state index < -0.39 is 0 Å². The normalized spacial score (nSPS) is 27.1. The third-order valence-corrected chi connectivity index (χ3v) is 4.50. The van der Waals surface area contributed by atoms with Crippen LogP contribution in [0.15, 0.2) is 18.2 Å². The fourth-order valence-corrected chi connectivity index (χ4v) is 3.31. The molecule has 1 amide bonds. The Morgan fingerprint density at radius 2 is 2.27 bits per heavy atom. The van der Waals surface area contributed by atoms with Gasteiger partial charge in [-0.15, -0.1) is 12.4 Å². The first-order chi connectivity index (χ1) is 10.1. The third-order valence-electron chi connectivity index (χ3n) is 4.27. The second kappa shape index (κ2) is 7.53. The smallest absolute Gasteiger partial charge is 0.227 e. The van der Waals surface area contributed by atoms with Crippen LogP contribution >= 0.6 is 24.0 Å². The van der Waals surface area contributed by atoms with Crippen LogP contribution < -0.4 is 15.4 Å². The van der Waals surface area contributed by atoms with E-state index in [0.29, 0.717) is 24.1 Å². The molecule has 3 rings (SSSR count). The van der Waals surface area contributed by atoms with Crippen molar-refractivity contribution < 1.29 is 9.53 Å². The third kappa shape index (κ3) is 4.06. The summed E-state index contributed by atoms with van der Waals surface area (Å²) < 4.78 is 5.69. The summed E-state index contributed by atoms with van der Waals surface area (Å²) >= 11 is 6.01. The van der Waals surface area contributed by atoms with Crippen molar-refractivity contribution in [1.29, 1.82) is 0 Å². The lowest BCUT2D eigenvalue weighted by Crippen LogP contribution is -2.49. The first-order valence-corrected chi connectivity index (χ1v) is 7.94. The van der Waals surface area contributed by atoms with Crippen molar-refractivity contribution in [3.05, 3.63) is 28.8 Å². The SMILES string of the molecule is CC1CC(NC(=O)C2COc3ccc(Cl)cc3C2)CCN1.Cl. The Balaban J connectivity index is 0.00000176. The molecule has 2 aliphatic heterocycles. The summed E-state index contributed by atoms with van der Waals surface area (Å²) in [5.41, 5.74) is 1.02. The Morgan fingerprint density at radius 1 is 1.45 bits per heavy atom. The highest BCUT2D eigenvalue weighted by atomic mass is 35.5. The van der Waals surface area contributed by atoms with E-state index in [4.69, 9.17) is 16.3 Å². The van der Waals surface area contributed by atoms with Gasteiger partial charge >= 0.3 is 0 Å². The predicted molar refractivity (Wildman–Crippen MR) is 90.0 cm³/mol. The number of carbonyl (C=O) groups excluding carboxylic acids is 1. The van der Waals surface area contributed by atoms with Crippen LogP contribution in [0.5, 0.6) is 5.75 Å². The summed E-state index contributed by atoms with van der Waals surface area (Å²) in [5, 5.41) is 7.25. The van der Waals surface area contributed by atoms with Gasteiger partial charge in [0.15, 0.2) is 0 Å². The highest BCUT2D eigenvalue weighted by molar-refractivity contribution is 6.30. The number of carbonyl (C=O) groups is 1. The molecule has 2 heterocycles. The molecule has 1 saturated heterocycles. The lowest BCUT2D eigenvalue weighted by atomic mass is 9.94. The van der Waals surface area contributed by atoms with Gasteiger partial charge < -0.3 is 15.4 Å². The molecule has 1 aromatic carbocycles. The predicted octanol–water partition coefficient (Wildman–Crippen LogP) is 2.57. The second-order valence-electron chi connectivity index (χ2n) is 6.05. The Morgan fingerprint density at radius 3 is 3.05 bits per heavy atom. The van der Waals surface area contributed by atoms with Crippen LogP contribution in [0.2, 0.25) is 5.02 Å². The molecule has 22 heavy (non-hydrogen) atoms. The Labute approximate surface area is 142 Å². The maximum Gasteiger partial charge on any atom is 0.227 e. The zero-order chi connectivity index (χ0) is 14.8. The molecule has 0 spiro atoms. The van der Waals surface area contributed by atoms with E-state index in [0.717, 1.165) is 30.7 Å². The van der Waals surface area contributed by atoms with E-state index in [-0.39, 0.29) is 30.3 Å².